The summed E-state index contributed by atoms with van der Waals surface area (Å²) in [6, 6.07) is 4.97. The molecule has 0 bridgehead atoms. The van der Waals surface area contributed by atoms with Crippen LogP contribution < -0.4 is 0 Å². The number of carbonyl (C=O) groups is 1. The third kappa shape index (κ3) is 3.73. The Balaban J connectivity index is 2.38. The van der Waals surface area contributed by atoms with E-state index in [0.717, 1.165) is 0 Å². The van der Waals surface area contributed by atoms with E-state index in [2.05, 4.69) is 4.74 Å². The van der Waals surface area contributed by atoms with Gasteiger partial charge in [0.15, 0.2) is 9.84 Å². The van der Waals surface area contributed by atoms with E-state index in [-0.39, 0.29) is 34.9 Å². The summed E-state index contributed by atoms with van der Waals surface area (Å²) in [5.74, 6) is -0.809. The molecule has 1 atom stereocenters. The molecule has 23 heavy (non-hydrogen) atoms. The van der Waals surface area contributed by atoms with Crippen molar-refractivity contribution in [3.05, 3.63) is 29.8 Å². The minimum Gasteiger partial charge on any atom is -0.465 e. The van der Waals surface area contributed by atoms with Crippen LogP contribution in [0.5, 0.6) is 0 Å². The van der Waals surface area contributed by atoms with E-state index in [1.54, 1.807) is 6.92 Å². The Morgan fingerprint density at radius 3 is 2.61 bits per heavy atom. The highest BCUT2D eigenvalue weighted by Gasteiger charge is 2.38. The van der Waals surface area contributed by atoms with Crippen molar-refractivity contribution < 1.29 is 26.4 Å². The zero-order valence-electron chi connectivity index (χ0n) is 12.9. The van der Waals surface area contributed by atoms with Crippen molar-refractivity contribution in [2.45, 2.75) is 24.3 Å². The Morgan fingerprint density at radius 2 is 2.09 bits per heavy atom. The topological polar surface area (TPSA) is 97.8 Å². The molecule has 1 aromatic carbocycles. The molecule has 1 aliphatic heterocycles. The van der Waals surface area contributed by atoms with Gasteiger partial charge in [-0.3, -0.25) is 0 Å². The van der Waals surface area contributed by atoms with Gasteiger partial charge in [-0.05, 0) is 24.6 Å². The van der Waals surface area contributed by atoms with Crippen molar-refractivity contribution in [2.24, 2.45) is 0 Å². The van der Waals surface area contributed by atoms with Crippen LogP contribution >= 0.6 is 0 Å². The lowest BCUT2D eigenvalue weighted by atomic mass is 10.2. The van der Waals surface area contributed by atoms with Crippen molar-refractivity contribution >= 4 is 25.8 Å². The van der Waals surface area contributed by atoms with Gasteiger partial charge in [0, 0.05) is 12.6 Å². The Labute approximate surface area is 136 Å². The van der Waals surface area contributed by atoms with E-state index >= 15 is 0 Å². The number of hydrogen-bond acceptors (Lipinski definition) is 6. The van der Waals surface area contributed by atoms with Crippen molar-refractivity contribution in [1.82, 2.24) is 4.31 Å². The van der Waals surface area contributed by atoms with Crippen molar-refractivity contribution in [2.75, 3.05) is 25.2 Å². The van der Waals surface area contributed by atoms with Crippen LogP contribution in [0.2, 0.25) is 0 Å². The van der Waals surface area contributed by atoms with E-state index in [1.165, 1.54) is 35.7 Å². The van der Waals surface area contributed by atoms with Gasteiger partial charge in [-0.2, -0.15) is 4.31 Å². The average molecular weight is 361 g/mol. The Hall–Kier alpha value is -1.45. The van der Waals surface area contributed by atoms with Crippen LogP contribution in [0.4, 0.5) is 0 Å². The predicted octanol–water partition coefficient (Wildman–Crippen LogP) is 0.671. The zero-order valence-corrected chi connectivity index (χ0v) is 14.6. The van der Waals surface area contributed by atoms with Gasteiger partial charge in [0.05, 0.1) is 29.1 Å². The van der Waals surface area contributed by atoms with Gasteiger partial charge in [-0.25, -0.2) is 21.6 Å². The summed E-state index contributed by atoms with van der Waals surface area (Å²) in [5, 5.41) is 0. The van der Waals surface area contributed by atoms with Crippen molar-refractivity contribution in [1.29, 1.82) is 0 Å². The minimum absolute atomic E-state index is 0.00805. The molecule has 0 radical (unpaired) electrons. The maximum absolute atomic E-state index is 12.8. The number of benzene rings is 1. The maximum atomic E-state index is 12.8. The van der Waals surface area contributed by atoms with Crippen LogP contribution in [0.3, 0.4) is 0 Å². The molecule has 7 nitrogen and oxygen atoms in total. The minimum atomic E-state index is -3.89. The molecule has 0 unspecified atom stereocenters. The number of carbonyl (C=O) groups excluding carboxylic acids is 1. The standard InChI is InChI=1S/C14H19NO6S2/c1-3-15(12-7-8-22(17,18)10-12)23(19,20)13-6-4-5-11(9-13)14(16)21-2/h4-6,9,12H,3,7-8,10H2,1-2H3/t12-/m1/s1. The van der Waals surface area contributed by atoms with E-state index in [1.807, 2.05) is 0 Å². The Bertz CT molecular complexity index is 800. The Kier molecular flexibility index (Phi) is 5.12. The first-order chi connectivity index (χ1) is 10.7. The second kappa shape index (κ2) is 6.58. The highest BCUT2D eigenvalue weighted by molar-refractivity contribution is 7.92. The van der Waals surface area contributed by atoms with Crippen molar-refractivity contribution in [3.8, 4) is 0 Å². The summed E-state index contributed by atoms with van der Waals surface area (Å²) in [6.07, 6.45) is 0.284. The lowest BCUT2D eigenvalue weighted by Gasteiger charge is -2.26. The number of methoxy groups -OCH3 is 1. The van der Waals surface area contributed by atoms with Crippen LogP contribution in [-0.2, 0) is 24.6 Å². The molecule has 0 saturated carbocycles. The number of nitrogens with zero attached hydrogens (tertiary/aromatic N) is 1. The number of rotatable bonds is 5. The molecule has 1 aliphatic rings. The fourth-order valence-corrected chi connectivity index (χ4v) is 6.20. The molecule has 0 amide bonds. The van der Waals surface area contributed by atoms with Crippen LogP contribution in [-0.4, -0.2) is 58.3 Å². The Morgan fingerprint density at radius 1 is 1.39 bits per heavy atom. The first-order valence-electron chi connectivity index (χ1n) is 7.12. The van der Waals surface area contributed by atoms with Gasteiger partial charge in [0.1, 0.15) is 0 Å². The second-order valence-corrected chi connectivity index (χ2v) is 9.40. The summed E-state index contributed by atoms with van der Waals surface area (Å²) >= 11 is 0. The number of sulfone groups is 1. The summed E-state index contributed by atoms with van der Waals surface area (Å²) in [5.41, 5.74) is 0.128. The van der Waals surface area contributed by atoms with Gasteiger partial charge < -0.3 is 4.74 Å². The normalized spacial score (nSPS) is 20.6. The van der Waals surface area contributed by atoms with Crippen molar-refractivity contribution in [3.63, 3.8) is 0 Å². The lowest BCUT2D eigenvalue weighted by Crippen LogP contribution is -2.40. The number of ether oxygens (including phenoxy) is 1. The fraction of sp³-hybridized carbons (Fsp3) is 0.500. The highest BCUT2D eigenvalue weighted by atomic mass is 32.2. The molecule has 9 heteroatoms. The number of sulfonamides is 1. The molecule has 1 heterocycles. The lowest BCUT2D eigenvalue weighted by molar-refractivity contribution is 0.0600. The molecular formula is C14H19NO6S2. The van der Waals surface area contributed by atoms with Crippen LogP contribution in [0.15, 0.2) is 29.2 Å². The van der Waals surface area contributed by atoms with E-state index in [9.17, 15) is 21.6 Å². The van der Waals surface area contributed by atoms with Crippen LogP contribution in [0.1, 0.15) is 23.7 Å². The fourth-order valence-electron chi connectivity index (χ4n) is 2.66. The summed E-state index contributed by atoms with van der Waals surface area (Å²) < 4.78 is 54.6. The van der Waals surface area contributed by atoms with E-state index < -0.39 is 31.9 Å². The molecular weight excluding hydrogens is 342 g/mol. The zero-order chi connectivity index (χ0) is 17.3. The predicted molar refractivity (Wildman–Crippen MR) is 84.4 cm³/mol. The SMILES string of the molecule is CCN([C@@H]1CCS(=O)(=O)C1)S(=O)(=O)c1cccc(C(=O)OC)c1. The smallest absolute Gasteiger partial charge is 0.337 e. The molecule has 2 rings (SSSR count). The molecule has 0 spiro atoms. The molecule has 0 N–H and O–H groups in total. The third-order valence-electron chi connectivity index (χ3n) is 3.79. The molecule has 1 aromatic rings. The molecule has 128 valence electrons. The first-order valence-corrected chi connectivity index (χ1v) is 10.4. The summed E-state index contributed by atoms with van der Waals surface area (Å²) in [6.45, 7) is 1.82. The van der Waals surface area contributed by atoms with Gasteiger partial charge in [-0.15, -0.1) is 0 Å². The largest absolute Gasteiger partial charge is 0.465 e. The maximum Gasteiger partial charge on any atom is 0.337 e. The summed E-state index contributed by atoms with van der Waals surface area (Å²) in [7, 11) is -5.87. The first kappa shape index (κ1) is 17.9. The monoisotopic (exact) mass is 361 g/mol. The molecule has 0 aliphatic carbocycles. The molecule has 1 saturated heterocycles. The van der Waals surface area contributed by atoms with Crippen LogP contribution in [0.25, 0.3) is 0 Å². The van der Waals surface area contributed by atoms with Crippen LogP contribution in [0, 0.1) is 0 Å². The van der Waals surface area contributed by atoms with E-state index in [0.29, 0.717) is 0 Å². The highest BCUT2D eigenvalue weighted by Crippen LogP contribution is 2.25. The van der Waals surface area contributed by atoms with Gasteiger partial charge >= 0.3 is 5.97 Å². The van der Waals surface area contributed by atoms with Gasteiger partial charge in [0.2, 0.25) is 10.0 Å². The average Bonchev–Trinajstić information content (AvgIpc) is 2.86. The molecule has 0 aromatic heterocycles. The summed E-state index contributed by atoms with van der Waals surface area (Å²) in [4.78, 5) is 11.5. The number of esters is 1. The third-order valence-corrected chi connectivity index (χ3v) is 7.56. The quantitative estimate of drug-likeness (QED) is 0.715. The molecule has 1 fully saturated rings. The number of hydrogen-bond donors (Lipinski definition) is 0. The van der Waals surface area contributed by atoms with Gasteiger partial charge in [-0.1, -0.05) is 13.0 Å². The second-order valence-electron chi connectivity index (χ2n) is 5.28. The van der Waals surface area contributed by atoms with Gasteiger partial charge in [0.25, 0.3) is 0 Å². The van der Waals surface area contributed by atoms with E-state index in [4.69, 9.17) is 0 Å².